The van der Waals surface area contributed by atoms with Crippen LogP contribution in [0, 0.1) is 6.92 Å². The molecule has 7 aromatic rings. The first kappa shape index (κ1) is 47.0. The van der Waals surface area contributed by atoms with E-state index < -0.39 is 11.9 Å². The molecule has 11 rings (SSSR count). The van der Waals surface area contributed by atoms with Crippen molar-refractivity contribution in [3.8, 4) is 16.9 Å². The Balaban J connectivity index is 0.648. The van der Waals surface area contributed by atoms with Gasteiger partial charge in [0.05, 0.1) is 40.6 Å². The molecular formula is C53H55N11O7S. The van der Waals surface area contributed by atoms with Crippen LogP contribution in [0.1, 0.15) is 87.8 Å². The smallest absolute Gasteiger partial charge is 0.355 e. The SMILES string of the molecule is Cc1cc(OC2CCC(OCCN3CCN(c4ccc5c(C6CCC(=O)NC6=O)nn(C)c5n4)CC3)CC2)ccc1-c1ccc(N2CCc3ccnc(C(=O)Nc4nc5ccccc5s4)c3C2)nc1C(=O)O. The Morgan fingerprint density at radius 3 is 2.40 bits per heavy atom. The van der Waals surface area contributed by atoms with Gasteiger partial charge in [-0.2, -0.15) is 5.10 Å². The third kappa shape index (κ3) is 9.70. The number of imide groups is 1. The maximum Gasteiger partial charge on any atom is 0.355 e. The first-order chi connectivity index (χ1) is 35.0. The number of ether oxygens (including phenoxy) is 2. The van der Waals surface area contributed by atoms with Gasteiger partial charge in [0, 0.05) is 82.0 Å². The minimum Gasteiger partial charge on any atom is -0.490 e. The molecular weight excluding hydrogens is 935 g/mol. The summed E-state index contributed by atoms with van der Waals surface area (Å²) in [5.74, 6) is -0.318. The van der Waals surface area contributed by atoms with E-state index in [0.29, 0.717) is 66.9 Å². The molecule has 2 saturated heterocycles. The number of piperazine rings is 1. The molecule has 4 aliphatic rings. The van der Waals surface area contributed by atoms with E-state index in [0.717, 1.165) is 113 Å². The van der Waals surface area contributed by atoms with Crippen molar-refractivity contribution in [3.63, 3.8) is 0 Å². The Morgan fingerprint density at radius 2 is 1.61 bits per heavy atom. The van der Waals surface area contributed by atoms with Gasteiger partial charge in [-0.05, 0) is 117 Å². The molecule has 1 aliphatic carbocycles. The van der Waals surface area contributed by atoms with Gasteiger partial charge in [0.25, 0.3) is 5.91 Å². The van der Waals surface area contributed by atoms with Gasteiger partial charge in [-0.25, -0.2) is 19.7 Å². The van der Waals surface area contributed by atoms with E-state index >= 15 is 0 Å². The maximum atomic E-state index is 13.6. The van der Waals surface area contributed by atoms with Crippen molar-refractivity contribution in [1.82, 2.24) is 39.9 Å². The summed E-state index contributed by atoms with van der Waals surface area (Å²) in [5.41, 5.74) is 6.45. The summed E-state index contributed by atoms with van der Waals surface area (Å²) in [5, 5.41) is 21.8. The lowest BCUT2D eigenvalue weighted by atomic mass is 9.93. The van der Waals surface area contributed by atoms with Crippen LogP contribution in [0.4, 0.5) is 16.8 Å². The minimum absolute atomic E-state index is 0.0449. The number of nitrogens with one attached hydrogen (secondary N) is 2. The van der Waals surface area contributed by atoms with Crippen molar-refractivity contribution in [2.24, 2.45) is 7.05 Å². The number of rotatable bonds is 13. The molecule has 0 radical (unpaired) electrons. The van der Waals surface area contributed by atoms with Crippen LogP contribution in [0.15, 0.2) is 79.0 Å². The van der Waals surface area contributed by atoms with Crippen LogP contribution in [0.3, 0.4) is 0 Å². The number of carbonyl (C=O) groups excluding carboxylic acids is 3. The first-order valence-corrected chi connectivity index (χ1v) is 25.5. The molecule has 3 N–H and O–H groups in total. The summed E-state index contributed by atoms with van der Waals surface area (Å²) in [6.07, 6.45) is 6.90. The van der Waals surface area contributed by atoms with Gasteiger partial charge in [0.2, 0.25) is 11.8 Å². The molecule has 370 valence electrons. The fourth-order valence-electron chi connectivity index (χ4n) is 10.6. The number of aryl methyl sites for hydroxylation is 2. The summed E-state index contributed by atoms with van der Waals surface area (Å²) in [7, 11) is 1.84. The summed E-state index contributed by atoms with van der Waals surface area (Å²) in [4.78, 5) is 76.0. The monoisotopic (exact) mass is 989 g/mol. The van der Waals surface area contributed by atoms with Crippen LogP contribution in [0.25, 0.3) is 32.4 Å². The highest BCUT2D eigenvalue weighted by Crippen LogP contribution is 2.35. The van der Waals surface area contributed by atoms with Crippen molar-refractivity contribution in [2.45, 2.75) is 76.5 Å². The van der Waals surface area contributed by atoms with Gasteiger partial charge in [0.1, 0.15) is 23.1 Å². The molecule has 19 heteroatoms. The number of piperidine rings is 1. The van der Waals surface area contributed by atoms with Gasteiger partial charge in [0.15, 0.2) is 16.5 Å². The van der Waals surface area contributed by atoms with Crippen LogP contribution < -0.4 is 25.2 Å². The number of para-hydroxylation sites is 1. The molecule has 18 nitrogen and oxygen atoms in total. The van der Waals surface area contributed by atoms with Gasteiger partial charge in [-0.15, -0.1) is 0 Å². The third-order valence-electron chi connectivity index (χ3n) is 14.4. The number of aromatic carboxylic acids is 1. The molecule has 1 atom stereocenters. The second kappa shape index (κ2) is 20.0. The standard InChI is InChI=1S/C53H55N11O7S/c1-31-29-35(71-34-9-7-33(8-10-34)70-28-27-62-23-25-63(26-24-62)44-17-14-38-46(60-61(2)49(38)57-44)39-15-18-45(65)58-50(39)66)11-12-36(31)37-13-16-43(56-48(37)52(68)69)64-22-20-32-19-21-54-47(40(32)30-64)51(67)59-53-55-41-5-3-4-6-42(41)72-53/h3-6,11-14,16-17,19,21,29,33-34,39H,7-10,15,18,20,22-28,30H2,1-2H3,(H,68,69)(H,55,59,67)(H,58,65,66). The largest absolute Gasteiger partial charge is 0.490 e. The molecule has 72 heavy (non-hydrogen) atoms. The molecule has 0 bridgehead atoms. The Bertz CT molecular complexity index is 3200. The third-order valence-corrected chi connectivity index (χ3v) is 15.4. The number of hydrogen-bond donors (Lipinski definition) is 3. The van der Waals surface area contributed by atoms with Gasteiger partial charge in [-0.1, -0.05) is 29.5 Å². The number of thiazole rings is 1. The van der Waals surface area contributed by atoms with Crippen molar-refractivity contribution in [1.29, 1.82) is 0 Å². The lowest BCUT2D eigenvalue weighted by Gasteiger charge is -2.36. The normalized spacial score (nSPS) is 19.6. The lowest BCUT2D eigenvalue weighted by Crippen LogP contribution is -2.47. The number of aromatic nitrogens is 6. The van der Waals surface area contributed by atoms with Crippen molar-refractivity contribution in [3.05, 3.63) is 113 Å². The number of carbonyl (C=O) groups is 4. The van der Waals surface area contributed by atoms with Gasteiger partial charge >= 0.3 is 5.97 Å². The van der Waals surface area contributed by atoms with Crippen LogP contribution >= 0.6 is 11.3 Å². The molecule has 0 spiro atoms. The Hall–Kier alpha value is -7.35. The maximum absolute atomic E-state index is 13.6. The number of anilines is 3. The fraction of sp³-hybridized carbons (Fsp3) is 0.377. The zero-order chi connectivity index (χ0) is 49.5. The van der Waals surface area contributed by atoms with Crippen LogP contribution in [0.2, 0.25) is 0 Å². The minimum atomic E-state index is -1.12. The van der Waals surface area contributed by atoms with E-state index in [1.165, 1.54) is 11.3 Å². The van der Waals surface area contributed by atoms with Crippen LogP contribution in [-0.4, -0.2) is 121 Å². The molecule has 8 heterocycles. The van der Waals surface area contributed by atoms with Crippen molar-refractivity contribution in [2.75, 3.05) is 61.0 Å². The van der Waals surface area contributed by atoms with Crippen molar-refractivity contribution < 1.29 is 33.8 Å². The number of carboxylic acids is 1. The highest BCUT2D eigenvalue weighted by atomic mass is 32.1. The predicted octanol–water partition coefficient (Wildman–Crippen LogP) is 6.91. The molecule has 3 fully saturated rings. The molecule has 3 aliphatic heterocycles. The average Bonchev–Trinajstić information content (AvgIpc) is 3.95. The molecule has 2 aromatic carbocycles. The molecule has 1 unspecified atom stereocenters. The van der Waals surface area contributed by atoms with Gasteiger partial charge < -0.3 is 24.4 Å². The zero-order valence-corrected chi connectivity index (χ0v) is 41.0. The Labute approximate surface area is 419 Å². The molecule has 5 aromatic heterocycles. The number of amides is 3. The number of fused-ring (bicyclic) bond motifs is 3. The van der Waals surface area contributed by atoms with E-state index in [-0.39, 0.29) is 35.6 Å². The molecule has 1 saturated carbocycles. The van der Waals surface area contributed by atoms with E-state index in [1.807, 2.05) is 91.7 Å². The number of nitrogens with zero attached hydrogens (tertiary/aromatic N) is 9. The van der Waals surface area contributed by atoms with Gasteiger partial charge in [-0.3, -0.25) is 39.6 Å². The first-order valence-electron chi connectivity index (χ1n) is 24.7. The number of benzene rings is 2. The van der Waals surface area contributed by atoms with E-state index in [2.05, 4.69) is 35.5 Å². The summed E-state index contributed by atoms with van der Waals surface area (Å²) < 4.78 is 15.6. The highest BCUT2D eigenvalue weighted by molar-refractivity contribution is 7.22. The Morgan fingerprint density at radius 1 is 0.833 bits per heavy atom. The average molecular weight is 990 g/mol. The summed E-state index contributed by atoms with van der Waals surface area (Å²) in [6, 6.07) is 23.1. The number of carboxylic acid groups (broad SMARTS) is 1. The summed E-state index contributed by atoms with van der Waals surface area (Å²) >= 11 is 1.40. The quantitative estimate of drug-likeness (QED) is 0.100. The topological polar surface area (TPSA) is 210 Å². The van der Waals surface area contributed by atoms with Crippen molar-refractivity contribution >= 4 is 73.0 Å². The van der Waals surface area contributed by atoms with E-state index in [4.69, 9.17) is 19.4 Å². The second-order valence-corrected chi connectivity index (χ2v) is 20.1. The summed E-state index contributed by atoms with van der Waals surface area (Å²) in [6.45, 7) is 7.92. The van der Waals surface area contributed by atoms with Crippen LogP contribution in [-0.2, 0) is 34.3 Å². The Kier molecular flexibility index (Phi) is 13.1. The van der Waals surface area contributed by atoms with E-state index in [1.54, 1.807) is 10.9 Å². The van der Waals surface area contributed by atoms with Crippen LogP contribution in [0.5, 0.6) is 5.75 Å². The highest BCUT2D eigenvalue weighted by Gasteiger charge is 2.33. The lowest BCUT2D eigenvalue weighted by molar-refractivity contribution is -0.134. The number of hydrogen-bond acceptors (Lipinski definition) is 15. The predicted molar refractivity (Wildman–Crippen MR) is 273 cm³/mol. The zero-order valence-electron chi connectivity index (χ0n) is 40.2. The fourth-order valence-corrected chi connectivity index (χ4v) is 11.4. The second-order valence-electron chi connectivity index (χ2n) is 19.0. The van der Waals surface area contributed by atoms with E-state index in [9.17, 15) is 24.3 Å². The number of pyridine rings is 3. The molecule has 3 amide bonds.